The molecule has 0 bridgehead atoms. The molecule has 3 heteroatoms. The first-order valence-corrected chi connectivity index (χ1v) is 6.44. The lowest BCUT2D eigenvalue weighted by Gasteiger charge is -2.29. The summed E-state index contributed by atoms with van der Waals surface area (Å²) in [6.45, 7) is 0.815. The summed E-state index contributed by atoms with van der Waals surface area (Å²) in [6.07, 6.45) is 8.31. The standard InChI is InChI=1S/C13H22N2O/c1-15-11-2-4-12(5-3-11)16-10-13(6-7-13)8-9-14/h11-12,15H,2-8,10H2,1H3. The number of hydrogen-bond donors (Lipinski definition) is 1. The number of nitriles is 1. The first-order chi connectivity index (χ1) is 7.78. The third kappa shape index (κ3) is 2.96. The number of hydrogen-bond acceptors (Lipinski definition) is 3. The minimum absolute atomic E-state index is 0.245. The van der Waals surface area contributed by atoms with E-state index < -0.39 is 0 Å². The van der Waals surface area contributed by atoms with E-state index >= 15 is 0 Å². The van der Waals surface area contributed by atoms with Gasteiger partial charge in [-0.25, -0.2) is 0 Å². The SMILES string of the molecule is CNC1CCC(OCC2(CC#N)CC2)CC1. The molecule has 16 heavy (non-hydrogen) atoms. The number of rotatable bonds is 5. The Labute approximate surface area is 98.2 Å². The van der Waals surface area contributed by atoms with Crippen molar-refractivity contribution in [2.75, 3.05) is 13.7 Å². The lowest BCUT2D eigenvalue weighted by atomic mass is 9.93. The molecule has 2 fully saturated rings. The first-order valence-electron chi connectivity index (χ1n) is 6.44. The molecule has 2 rings (SSSR count). The Morgan fingerprint density at radius 2 is 2.00 bits per heavy atom. The fraction of sp³-hybridized carbons (Fsp3) is 0.923. The van der Waals surface area contributed by atoms with Crippen LogP contribution >= 0.6 is 0 Å². The third-order valence-corrected chi connectivity index (χ3v) is 4.12. The lowest BCUT2D eigenvalue weighted by molar-refractivity contribution is -0.00157. The highest BCUT2D eigenvalue weighted by molar-refractivity contribution is 4.99. The lowest BCUT2D eigenvalue weighted by Crippen LogP contribution is -2.33. The van der Waals surface area contributed by atoms with Crippen LogP contribution in [-0.2, 0) is 4.74 Å². The van der Waals surface area contributed by atoms with E-state index in [0.29, 0.717) is 18.6 Å². The number of ether oxygens (including phenoxy) is 1. The average Bonchev–Trinajstić information content (AvgIpc) is 3.08. The highest BCUT2D eigenvalue weighted by Crippen LogP contribution is 2.49. The second-order valence-corrected chi connectivity index (χ2v) is 5.41. The van der Waals surface area contributed by atoms with Crippen molar-refractivity contribution < 1.29 is 4.74 Å². The van der Waals surface area contributed by atoms with Gasteiger partial charge in [0, 0.05) is 17.9 Å². The molecule has 0 aromatic heterocycles. The number of nitrogens with one attached hydrogen (secondary N) is 1. The van der Waals surface area contributed by atoms with Crippen molar-refractivity contribution in [3.05, 3.63) is 0 Å². The second kappa shape index (κ2) is 5.16. The van der Waals surface area contributed by atoms with E-state index in [0.717, 1.165) is 6.61 Å². The summed E-state index contributed by atoms with van der Waals surface area (Å²) >= 11 is 0. The molecular formula is C13H22N2O. The monoisotopic (exact) mass is 222 g/mol. The van der Waals surface area contributed by atoms with Crippen LogP contribution in [-0.4, -0.2) is 25.8 Å². The van der Waals surface area contributed by atoms with Crippen molar-refractivity contribution in [3.8, 4) is 6.07 Å². The Hall–Kier alpha value is -0.590. The Balaban J connectivity index is 1.66. The molecule has 2 saturated carbocycles. The zero-order chi connectivity index (χ0) is 11.4. The third-order valence-electron chi connectivity index (χ3n) is 4.12. The Bertz CT molecular complexity index is 260. The van der Waals surface area contributed by atoms with Crippen molar-refractivity contribution in [1.29, 1.82) is 5.26 Å². The van der Waals surface area contributed by atoms with Gasteiger partial charge in [0.2, 0.25) is 0 Å². The van der Waals surface area contributed by atoms with Gasteiger partial charge in [-0.3, -0.25) is 0 Å². The van der Waals surface area contributed by atoms with Gasteiger partial charge in [-0.2, -0.15) is 5.26 Å². The summed E-state index contributed by atoms with van der Waals surface area (Å²) in [7, 11) is 2.04. The molecule has 0 aromatic rings. The minimum atomic E-state index is 0.245. The largest absolute Gasteiger partial charge is 0.378 e. The van der Waals surface area contributed by atoms with Crippen molar-refractivity contribution in [2.45, 2.75) is 57.1 Å². The topological polar surface area (TPSA) is 45.0 Å². The average molecular weight is 222 g/mol. The zero-order valence-electron chi connectivity index (χ0n) is 10.2. The van der Waals surface area contributed by atoms with Crippen LogP contribution < -0.4 is 5.32 Å². The summed E-state index contributed by atoms with van der Waals surface area (Å²) in [5.74, 6) is 0. The van der Waals surface area contributed by atoms with E-state index in [1.807, 2.05) is 7.05 Å². The van der Waals surface area contributed by atoms with Crippen molar-refractivity contribution in [1.82, 2.24) is 5.32 Å². The van der Waals surface area contributed by atoms with Gasteiger partial charge in [-0.1, -0.05) is 0 Å². The van der Waals surface area contributed by atoms with Crippen LogP contribution in [0.15, 0.2) is 0 Å². The predicted molar refractivity (Wildman–Crippen MR) is 63.0 cm³/mol. The smallest absolute Gasteiger partial charge is 0.0628 e. The molecule has 2 aliphatic rings. The van der Waals surface area contributed by atoms with Gasteiger partial charge in [-0.05, 0) is 45.6 Å². The van der Waals surface area contributed by atoms with Crippen LogP contribution in [0.25, 0.3) is 0 Å². The number of nitrogens with zero attached hydrogens (tertiary/aromatic N) is 1. The summed E-state index contributed by atoms with van der Waals surface area (Å²) in [4.78, 5) is 0. The van der Waals surface area contributed by atoms with Crippen molar-refractivity contribution in [3.63, 3.8) is 0 Å². The van der Waals surface area contributed by atoms with Gasteiger partial charge in [0.15, 0.2) is 0 Å². The highest BCUT2D eigenvalue weighted by Gasteiger charge is 2.43. The Kier molecular flexibility index (Phi) is 3.83. The van der Waals surface area contributed by atoms with Crippen LogP contribution in [0, 0.1) is 16.7 Å². The quantitative estimate of drug-likeness (QED) is 0.776. The van der Waals surface area contributed by atoms with Gasteiger partial charge in [0.05, 0.1) is 18.8 Å². The molecule has 0 spiro atoms. The minimum Gasteiger partial charge on any atom is -0.378 e. The van der Waals surface area contributed by atoms with E-state index in [1.54, 1.807) is 0 Å². The molecular weight excluding hydrogens is 200 g/mol. The van der Waals surface area contributed by atoms with Crippen LogP contribution in [0.1, 0.15) is 44.9 Å². The van der Waals surface area contributed by atoms with Gasteiger partial charge >= 0.3 is 0 Å². The van der Waals surface area contributed by atoms with Crippen molar-refractivity contribution >= 4 is 0 Å². The molecule has 0 radical (unpaired) electrons. The molecule has 0 atom stereocenters. The summed E-state index contributed by atoms with van der Waals surface area (Å²) < 4.78 is 5.98. The molecule has 0 amide bonds. The van der Waals surface area contributed by atoms with Gasteiger partial charge < -0.3 is 10.1 Å². The van der Waals surface area contributed by atoms with Gasteiger partial charge in [0.1, 0.15) is 0 Å². The molecule has 1 N–H and O–H groups in total. The first kappa shape index (κ1) is 11.9. The molecule has 0 heterocycles. The van der Waals surface area contributed by atoms with Crippen LogP contribution in [0.4, 0.5) is 0 Å². The van der Waals surface area contributed by atoms with E-state index in [9.17, 15) is 0 Å². The molecule has 3 nitrogen and oxygen atoms in total. The molecule has 0 aliphatic heterocycles. The van der Waals surface area contributed by atoms with E-state index in [1.165, 1.54) is 38.5 Å². The van der Waals surface area contributed by atoms with Gasteiger partial charge in [0.25, 0.3) is 0 Å². The summed E-state index contributed by atoms with van der Waals surface area (Å²) in [5, 5.41) is 12.1. The zero-order valence-corrected chi connectivity index (χ0v) is 10.2. The predicted octanol–water partition coefficient (Wildman–Crippen LogP) is 2.23. The Morgan fingerprint density at radius 3 is 2.50 bits per heavy atom. The normalized spacial score (nSPS) is 32.0. The Morgan fingerprint density at radius 1 is 1.31 bits per heavy atom. The molecule has 90 valence electrons. The summed E-state index contributed by atoms with van der Waals surface area (Å²) in [6, 6.07) is 2.97. The van der Waals surface area contributed by atoms with E-state index in [-0.39, 0.29) is 5.41 Å². The van der Waals surface area contributed by atoms with Crippen LogP contribution in [0.5, 0.6) is 0 Å². The molecule has 0 saturated heterocycles. The maximum absolute atomic E-state index is 8.73. The van der Waals surface area contributed by atoms with Crippen LogP contribution in [0.2, 0.25) is 0 Å². The van der Waals surface area contributed by atoms with E-state index in [4.69, 9.17) is 10.00 Å². The molecule has 2 aliphatic carbocycles. The van der Waals surface area contributed by atoms with Gasteiger partial charge in [-0.15, -0.1) is 0 Å². The molecule has 0 aromatic carbocycles. The molecule has 0 unspecified atom stereocenters. The fourth-order valence-corrected chi connectivity index (χ4v) is 2.53. The second-order valence-electron chi connectivity index (χ2n) is 5.41. The van der Waals surface area contributed by atoms with Crippen LogP contribution in [0.3, 0.4) is 0 Å². The van der Waals surface area contributed by atoms with E-state index in [2.05, 4.69) is 11.4 Å². The highest BCUT2D eigenvalue weighted by atomic mass is 16.5. The maximum Gasteiger partial charge on any atom is 0.0628 e. The van der Waals surface area contributed by atoms with Crippen molar-refractivity contribution in [2.24, 2.45) is 5.41 Å². The maximum atomic E-state index is 8.73. The fourth-order valence-electron chi connectivity index (χ4n) is 2.53. The summed E-state index contributed by atoms with van der Waals surface area (Å²) in [5.41, 5.74) is 0.245.